The Labute approximate surface area is 93.3 Å². The third-order valence-corrected chi connectivity index (χ3v) is 2.40. The second-order valence-corrected chi connectivity index (χ2v) is 3.51. The molecule has 1 N–H and O–H groups in total. The zero-order chi connectivity index (χ0) is 11.4. The first-order chi connectivity index (χ1) is 7.81. The first kappa shape index (κ1) is 10.4. The zero-order valence-corrected chi connectivity index (χ0v) is 8.93. The molecule has 1 aromatic heterocycles. The molecule has 0 aliphatic heterocycles. The lowest BCUT2D eigenvalue weighted by Gasteiger charge is -2.02. The van der Waals surface area contributed by atoms with Crippen LogP contribution in [0, 0.1) is 6.92 Å². The van der Waals surface area contributed by atoms with Crippen molar-refractivity contribution in [1.29, 1.82) is 0 Å². The molecule has 0 saturated heterocycles. The molecule has 1 heterocycles. The van der Waals surface area contributed by atoms with Crippen molar-refractivity contribution in [1.82, 2.24) is 10.5 Å². The Morgan fingerprint density at radius 2 is 2.12 bits per heavy atom. The van der Waals surface area contributed by atoms with E-state index in [2.05, 4.69) is 10.5 Å². The van der Waals surface area contributed by atoms with Crippen molar-refractivity contribution in [2.24, 2.45) is 0 Å². The largest absolute Gasteiger partial charge is 0.364 e. The third-order valence-electron chi connectivity index (χ3n) is 2.40. The number of aromatic nitrogens is 1. The minimum atomic E-state index is 0.548. The molecule has 0 aliphatic carbocycles. The van der Waals surface area contributed by atoms with Crippen LogP contribution in [-0.2, 0) is 11.3 Å². The first-order valence-corrected chi connectivity index (χ1v) is 4.98. The standard InChI is InChI=1S/C12H12N2O2/c1-9-12(7-16-14-9)11-4-2-10(3-5-11)6-13-8-15/h2-5,7-8H,6H2,1H3,(H,13,15). The van der Waals surface area contributed by atoms with E-state index in [9.17, 15) is 4.79 Å². The van der Waals surface area contributed by atoms with Crippen LogP contribution in [-0.4, -0.2) is 11.6 Å². The molecule has 0 radical (unpaired) electrons. The summed E-state index contributed by atoms with van der Waals surface area (Å²) in [5.74, 6) is 0. The van der Waals surface area contributed by atoms with Gasteiger partial charge < -0.3 is 9.84 Å². The Morgan fingerprint density at radius 3 is 2.69 bits per heavy atom. The number of nitrogens with one attached hydrogen (secondary N) is 1. The number of amides is 1. The van der Waals surface area contributed by atoms with Gasteiger partial charge in [0.1, 0.15) is 6.26 Å². The fourth-order valence-corrected chi connectivity index (χ4v) is 1.53. The monoisotopic (exact) mass is 216 g/mol. The second kappa shape index (κ2) is 4.61. The van der Waals surface area contributed by atoms with Crippen molar-refractivity contribution in [3.63, 3.8) is 0 Å². The summed E-state index contributed by atoms with van der Waals surface area (Å²) in [6.45, 7) is 2.45. The van der Waals surface area contributed by atoms with E-state index in [4.69, 9.17) is 4.52 Å². The molecule has 0 fully saturated rings. The predicted molar refractivity (Wildman–Crippen MR) is 59.6 cm³/mol. The number of hydrogen-bond donors (Lipinski definition) is 1. The van der Waals surface area contributed by atoms with Crippen molar-refractivity contribution in [3.8, 4) is 11.1 Å². The maximum absolute atomic E-state index is 10.1. The van der Waals surface area contributed by atoms with Gasteiger partial charge in [-0.1, -0.05) is 29.4 Å². The normalized spacial score (nSPS) is 10.1. The van der Waals surface area contributed by atoms with Crippen LogP contribution in [0.2, 0.25) is 0 Å². The second-order valence-electron chi connectivity index (χ2n) is 3.51. The molecular formula is C12H12N2O2. The van der Waals surface area contributed by atoms with Gasteiger partial charge in [-0.15, -0.1) is 0 Å². The number of carbonyl (C=O) groups excluding carboxylic acids is 1. The minimum absolute atomic E-state index is 0.548. The average molecular weight is 216 g/mol. The molecule has 4 heteroatoms. The molecule has 0 unspecified atom stereocenters. The molecule has 4 nitrogen and oxygen atoms in total. The summed E-state index contributed by atoms with van der Waals surface area (Å²) >= 11 is 0. The molecule has 2 rings (SSSR count). The molecule has 2 aromatic rings. The molecule has 0 aliphatic rings. The van der Waals surface area contributed by atoms with Gasteiger partial charge in [0.15, 0.2) is 0 Å². The van der Waals surface area contributed by atoms with Crippen molar-refractivity contribution in [2.75, 3.05) is 0 Å². The number of benzene rings is 1. The predicted octanol–water partition coefficient (Wildman–Crippen LogP) is 1.90. The fourth-order valence-electron chi connectivity index (χ4n) is 1.53. The van der Waals surface area contributed by atoms with Crippen LogP contribution < -0.4 is 5.32 Å². The number of aryl methyl sites for hydroxylation is 1. The van der Waals surface area contributed by atoms with Gasteiger partial charge in [0.05, 0.1) is 5.69 Å². The van der Waals surface area contributed by atoms with E-state index in [1.165, 1.54) is 0 Å². The first-order valence-electron chi connectivity index (χ1n) is 4.98. The van der Waals surface area contributed by atoms with Gasteiger partial charge in [0.2, 0.25) is 6.41 Å². The molecule has 1 amide bonds. The maximum atomic E-state index is 10.1. The van der Waals surface area contributed by atoms with Gasteiger partial charge in [-0.25, -0.2) is 0 Å². The highest BCUT2D eigenvalue weighted by molar-refractivity contribution is 5.64. The van der Waals surface area contributed by atoms with Gasteiger partial charge in [0, 0.05) is 12.1 Å². The van der Waals surface area contributed by atoms with Gasteiger partial charge in [-0.2, -0.15) is 0 Å². The number of carbonyl (C=O) groups is 1. The lowest BCUT2D eigenvalue weighted by atomic mass is 10.1. The maximum Gasteiger partial charge on any atom is 0.207 e. The lowest BCUT2D eigenvalue weighted by Crippen LogP contribution is -2.09. The van der Waals surface area contributed by atoms with Crippen LogP contribution >= 0.6 is 0 Å². The van der Waals surface area contributed by atoms with E-state index in [0.717, 1.165) is 22.4 Å². The summed E-state index contributed by atoms with van der Waals surface area (Å²) in [6, 6.07) is 7.92. The van der Waals surface area contributed by atoms with Crippen LogP contribution in [0.4, 0.5) is 0 Å². The van der Waals surface area contributed by atoms with E-state index < -0.39 is 0 Å². The van der Waals surface area contributed by atoms with Crippen molar-refractivity contribution in [3.05, 3.63) is 41.8 Å². The highest BCUT2D eigenvalue weighted by Crippen LogP contribution is 2.22. The quantitative estimate of drug-likeness (QED) is 0.794. The molecule has 16 heavy (non-hydrogen) atoms. The molecule has 0 atom stereocenters. The van der Waals surface area contributed by atoms with Crippen LogP contribution in [0.1, 0.15) is 11.3 Å². The van der Waals surface area contributed by atoms with Crippen molar-refractivity contribution >= 4 is 6.41 Å². The van der Waals surface area contributed by atoms with E-state index in [-0.39, 0.29) is 0 Å². The highest BCUT2D eigenvalue weighted by Gasteiger charge is 2.05. The minimum Gasteiger partial charge on any atom is -0.364 e. The van der Waals surface area contributed by atoms with E-state index in [0.29, 0.717) is 13.0 Å². The summed E-state index contributed by atoms with van der Waals surface area (Å²) in [7, 11) is 0. The van der Waals surface area contributed by atoms with Gasteiger partial charge >= 0.3 is 0 Å². The average Bonchev–Trinajstić information content (AvgIpc) is 2.74. The van der Waals surface area contributed by atoms with E-state index in [1.807, 2.05) is 31.2 Å². The Morgan fingerprint density at radius 1 is 1.38 bits per heavy atom. The van der Waals surface area contributed by atoms with Crippen LogP contribution in [0.15, 0.2) is 35.1 Å². The summed E-state index contributed by atoms with van der Waals surface area (Å²) in [5.41, 5.74) is 3.99. The van der Waals surface area contributed by atoms with Crippen molar-refractivity contribution in [2.45, 2.75) is 13.5 Å². The SMILES string of the molecule is Cc1nocc1-c1ccc(CNC=O)cc1. The van der Waals surface area contributed by atoms with Gasteiger partial charge in [0.25, 0.3) is 0 Å². The molecule has 0 spiro atoms. The van der Waals surface area contributed by atoms with Crippen molar-refractivity contribution < 1.29 is 9.32 Å². The van der Waals surface area contributed by atoms with E-state index >= 15 is 0 Å². The number of rotatable bonds is 4. The summed E-state index contributed by atoms with van der Waals surface area (Å²) in [4.78, 5) is 10.1. The summed E-state index contributed by atoms with van der Waals surface area (Å²) in [5, 5.41) is 6.45. The van der Waals surface area contributed by atoms with Crippen LogP contribution in [0.25, 0.3) is 11.1 Å². The Balaban J connectivity index is 2.19. The molecule has 0 saturated carbocycles. The van der Waals surface area contributed by atoms with Crippen LogP contribution in [0.3, 0.4) is 0 Å². The third kappa shape index (κ3) is 2.11. The Bertz CT molecular complexity index is 474. The molecule has 82 valence electrons. The highest BCUT2D eigenvalue weighted by atomic mass is 16.5. The van der Waals surface area contributed by atoms with E-state index in [1.54, 1.807) is 6.26 Å². The molecular weight excluding hydrogens is 204 g/mol. The van der Waals surface area contributed by atoms with Crippen LogP contribution in [0.5, 0.6) is 0 Å². The number of hydrogen-bond acceptors (Lipinski definition) is 3. The smallest absolute Gasteiger partial charge is 0.207 e. The summed E-state index contributed by atoms with van der Waals surface area (Å²) < 4.78 is 4.89. The Kier molecular flexibility index (Phi) is 3.00. The fraction of sp³-hybridized carbons (Fsp3) is 0.167. The molecule has 0 bridgehead atoms. The topological polar surface area (TPSA) is 55.1 Å². The lowest BCUT2D eigenvalue weighted by molar-refractivity contribution is -0.109. The Hall–Kier alpha value is -2.10. The number of nitrogens with zero attached hydrogens (tertiary/aromatic N) is 1. The summed E-state index contributed by atoms with van der Waals surface area (Å²) in [6.07, 6.45) is 2.33. The molecule has 1 aromatic carbocycles. The zero-order valence-electron chi connectivity index (χ0n) is 8.93. The van der Waals surface area contributed by atoms with Gasteiger partial charge in [-0.3, -0.25) is 4.79 Å². The van der Waals surface area contributed by atoms with Gasteiger partial charge in [-0.05, 0) is 18.1 Å².